The summed E-state index contributed by atoms with van der Waals surface area (Å²) in [7, 11) is 0. The topological polar surface area (TPSA) is 71.0 Å². The van der Waals surface area contributed by atoms with E-state index in [1.165, 1.54) is 11.3 Å². The minimum Gasteiger partial charge on any atom is -0.341 e. The van der Waals surface area contributed by atoms with Crippen LogP contribution in [0.1, 0.15) is 40.6 Å². The summed E-state index contributed by atoms with van der Waals surface area (Å²) in [5.74, 6) is 0.328. The molecule has 1 N–H and O–H groups in total. The Morgan fingerprint density at radius 1 is 1.18 bits per heavy atom. The largest absolute Gasteiger partial charge is 0.341 e. The Labute approximate surface area is 134 Å². The molecule has 22 heavy (non-hydrogen) atoms. The highest BCUT2D eigenvalue weighted by Crippen LogP contribution is 2.21. The molecule has 0 atom stereocenters. The van der Waals surface area contributed by atoms with Crippen molar-refractivity contribution in [2.75, 3.05) is 23.3 Å². The molecule has 0 bridgehead atoms. The normalized spacial score (nSPS) is 10.6. The number of carbonyl (C=O) groups excluding carboxylic acids is 1. The molecule has 1 amide bonds. The summed E-state index contributed by atoms with van der Waals surface area (Å²) in [4.78, 5) is 28.6. The van der Waals surface area contributed by atoms with Crippen LogP contribution in [0.2, 0.25) is 0 Å². The first kappa shape index (κ1) is 16.4. The van der Waals surface area contributed by atoms with Crippen molar-refractivity contribution < 1.29 is 4.79 Å². The van der Waals surface area contributed by atoms with Crippen LogP contribution in [0.5, 0.6) is 0 Å². The van der Waals surface area contributed by atoms with Gasteiger partial charge in [-0.2, -0.15) is 0 Å². The second kappa shape index (κ2) is 6.83. The molecule has 0 radical (unpaired) electrons. The van der Waals surface area contributed by atoms with E-state index in [0.29, 0.717) is 16.8 Å². The van der Waals surface area contributed by atoms with E-state index < -0.39 is 0 Å². The van der Waals surface area contributed by atoms with Gasteiger partial charge in [0.2, 0.25) is 5.95 Å². The third-order valence-electron chi connectivity index (χ3n) is 3.37. The molecule has 0 unspecified atom stereocenters. The summed E-state index contributed by atoms with van der Waals surface area (Å²) >= 11 is 1.46. The van der Waals surface area contributed by atoms with E-state index in [-0.39, 0.29) is 5.91 Å². The maximum Gasteiger partial charge on any atom is 0.276 e. The van der Waals surface area contributed by atoms with Crippen LogP contribution in [0, 0.1) is 20.8 Å². The van der Waals surface area contributed by atoms with Crippen molar-refractivity contribution in [3.8, 4) is 0 Å². The monoisotopic (exact) mass is 319 g/mol. The minimum absolute atomic E-state index is 0.257. The molecule has 0 aliphatic carbocycles. The van der Waals surface area contributed by atoms with Crippen molar-refractivity contribution >= 4 is 28.3 Å². The number of aryl methyl sites for hydroxylation is 3. The van der Waals surface area contributed by atoms with Gasteiger partial charge in [0.15, 0.2) is 5.13 Å². The Morgan fingerprint density at radius 3 is 2.41 bits per heavy atom. The average Bonchev–Trinajstić information content (AvgIpc) is 2.78. The van der Waals surface area contributed by atoms with Gasteiger partial charge in [0.25, 0.3) is 5.91 Å². The molecule has 2 rings (SSSR count). The molecule has 2 aromatic rings. The smallest absolute Gasteiger partial charge is 0.276 e. The van der Waals surface area contributed by atoms with Crippen LogP contribution in [0.15, 0.2) is 6.07 Å². The highest BCUT2D eigenvalue weighted by molar-refractivity contribution is 7.15. The first-order chi connectivity index (χ1) is 10.4. The van der Waals surface area contributed by atoms with Crippen LogP contribution < -0.4 is 10.2 Å². The SMILES string of the molecule is CCN(CC)c1nc(C)cc(C(=O)Nc2nc(C)c(C)s2)n1. The van der Waals surface area contributed by atoms with Gasteiger partial charge < -0.3 is 4.90 Å². The molecular weight excluding hydrogens is 298 g/mol. The molecule has 0 spiro atoms. The summed E-state index contributed by atoms with van der Waals surface area (Å²) < 4.78 is 0. The van der Waals surface area contributed by atoms with Gasteiger partial charge in [-0.15, -0.1) is 11.3 Å². The number of nitrogens with zero attached hydrogens (tertiary/aromatic N) is 4. The number of carbonyl (C=O) groups is 1. The van der Waals surface area contributed by atoms with Crippen LogP contribution in [-0.2, 0) is 0 Å². The van der Waals surface area contributed by atoms with Gasteiger partial charge in [-0.05, 0) is 40.7 Å². The van der Waals surface area contributed by atoms with Gasteiger partial charge in [-0.1, -0.05) is 0 Å². The van der Waals surface area contributed by atoms with E-state index >= 15 is 0 Å². The fraction of sp³-hybridized carbons (Fsp3) is 0.467. The summed E-state index contributed by atoms with van der Waals surface area (Å²) in [6.45, 7) is 11.4. The molecule has 2 aromatic heterocycles. The number of amides is 1. The van der Waals surface area contributed by atoms with E-state index in [9.17, 15) is 4.79 Å². The van der Waals surface area contributed by atoms with Crippen LogP contribution in [0.3, 0.4) is 0 Å². The van der Waals surface area contributed by atoms with Crippen molar-refractivity contribution in [2.24, 2.45) is 0 Å². The number of hydrogen-bond acceptors (Lipinski definition) is 6. The molecule has 0 aromatic carbocycles. The molecule has 118 valence electrons. The molecule has 7 heteroatoms. The first-order valence-electron chi connectivity index (χ1n) is 7.30. The Morgan fingerprint density at radius 2 is 1.86 bits per heavy atom. The third kappa shape index (κ3) is 3.59. The molecule has 0 aliphatic heterocycles. The molecule has 0 saturated carbocycles. The van der Waals surface area contributed by atoms with Crippen molar-refractivity contribution in [2.45, 2.75) is 34.6 Å². The molecule has 0 aliphatic rings. The lowest BCUT2D eigenvalue weighted by Crippen LogP contribution is -2.26. The van der Waals surface area contributed by atoms with Gasteiger partial charge in [-0.25, -0.2) is 15.0 Å². The third-order valence-corrected chi connectivity index (χ3v) is 4.36. The van der Waals surface area contributed by atoms with Gasteiger partial charge in [0, 0.05) is 23.7 Å². The zero-order chi connectivity index (χ0) is 16.3. The zero-order valence-corrected chi connectivity index (χ0v) is 14.4. The van der Waals surface area contributed by atoms with E-state index in [4.69, 9.17) is 0 Å². The van der Waals surface area contributed by atoms with Gasteiger partial charge in [-0.3, -0.25) is 10.1 Å². The number of rotatable bonds is 5. The summed E-state index contributed by atoms with van der Waals surface area (Å²) in [5, 5.41) is 3.41. The van der Waals surface area contributed by atoms with Crippen molar-refractivity contribution in [1.82, 2.24) is 15.0 Å². The maximum absolute atomic E-state index is 12.4. The fourth-order valence-corrected chi connectivity index (χ4v) is 2.81. The average molecular weight is 319 g/mol. The van der Waals surface area contributed by atoms with E-state index in [0.717, 1.165) is 29.4 Å². The van der Waals surface area contributed by atoms with Gasteiger partial charge in [0.1, 0.15) is 5.69 Å². The number of nitrogens with one attached hydrogen (secondary N) is 1. The van der Waals surface area contributed by atoms with E-state index in [1.54, 1.807) is 6.07 Å². The maximum atomic E-state index is 12.4. The number of thiazole rings is 1. The Hall–Kier alpha value is -2.02. The summed E-state index contributed by atoms with van der Waals surface area (Å²) in [5.41, 5.74) is 2.07. The Kier molecular flexibility index (Phi) is 5.07. The predicted octanol–water partition coefficient (Wildman–Crippen LogP) is 2.96. The molecule has 6 nitrogen and oxygen atoms in total. The highest BCUT2D eigenvalue weighted by atomic mass is 32.1. The number of aromatic nitrogens is 3. The lowest BCUT2D eigenvalue weighted by Gasteiger charge is -2.19. The van der Waals surface area contributed by atoms with E-state index in [2.05, 4.69) is 20.3 Å². The highest BCUT2D eigenvalue weighted by Gasteiger charge is 2.15. The van der Waals surface area contributed by atoms with Crippen molar-refractivity contribution in [3.63, 3.8) is 0 Å². The van der Waals surface area contributed by atoms with Crippen molar-refractivity contribution in [3.05, 3.63) is 28.0 Å². The second-order valence-corrected chi connectivity index (χ2v) is 6.18. The predicted molar refractivity (Wildman–Crippen MR) is 89.9 cm³/mol. The number of hydrogen-bond donors (Lipinski definition) is 1. The quantitative estimate of drug-likeness (QED) is 0.917. The minimum atomic E-state index is -0.257. The fourth-order valence-electron chi connectivity index (χ4n) is 2.00. The Bertz CT molecular complexity index is 659. The summed E-state index contributed by atoms with van der Waals surface area (Å²) in [6, 6.07) is 1.69. The molecular formula is C15H21N5OS. The van der Waals surface area contributed by atoms with Crippen LogP contribution in [0.25, 0.3) is 0 Å². The van der Waals surface area contributed by atoms with Gasteiger partial charge in [0.05, 0.1) is 5.69 Å². The molecule has 0 fully saturated rings. The zero-order valence-electron chi connectivity index (χ0n) is 13.6. The van der Waals surface area contributed by atoms with E-state index in [1.807, 2.05) is 39.5 Å². The first-order valence-corrected chi connectivity index (χ1v) is 8.12. The second-order valence-electron chi connectivity index (χ2n) is 4.98. The van der Waals surface area contributed by atoms with Crippen LogP contribution >= 0.6 is 11.3 Å². The lowest BCUT2D eigenvalue weighted by atomic mass is 10.3. The lowest BCUT2D eigenvalue weighted by molar-refractivity contribution is 0.102. The van der Waals surface area contributed by atoms with Crippen LogP contribution in [-0.4, -0.2) is 33.9 Å². The molecule has 2 heterocycles. The van der Waals surface area contributed by atoms with Crippen LogP contribution in [0.4, 0.5) is 11.1 Å². The Balaban J connectivity index is 2.25. The van der Waals surface area contributed by atoms with Crippen molar-refractivity contribution in [1.29, 1.82) is 0 Å². The number of anilines is 2. The van der Waals surface area contributed by atoms with Gasteiger partial charge >= 0.3 is 0 Å². The summed E-state index contributed by atoms with van der Waals surface area (Å²) in [6.07, 6.45) is 0. The standard InChI is InChI=1S/C15H21N5OS/c1-6-20(7-2)14-16-9(3)8-12(18-14)13(21)19-15-17-10(4)11(5)22-15/h8H,6-7H2,1-5H3,(H,17,19,21). The molecule has 0 saturated heterocycles.